The Morgan fingerprint density at radius 1 is 1.14 bits per heavy atom. The number of halogens is 1. The number of rotatable bonds is 6. The molecule has 0 saturated heterocycles. The molecule has 5 heteroatoms. The first-order chi connectivity index (χ1) is 10.1. The highest BCUT2D eigenvalue weighted by Gasteiger charge is 2.06. The van der Waals surface area contributed by atoms with Gasteiger partial charge in [-0.3, -0.25) is 4.79 Å². The summed E-state index contributed by atoms with van der Waals surface area (Å²) < 4.78 is 11.6. The molecule has 4 nitrogen and oxygen atoms in total. The lowest BCUT2D eigenvalue weighted by atomic mass is 10.1. The predicted octanol–water partition coefficient (Wildman–Crippen LogP) is 3.66. The van der Waals surface area contributed by atoms with E-state index in [1.54, 1.807) is 25.3 Å². The van der Waals surface area contributed by atoms with E-state index in [1.807, 2.05) is 24.3 Å². The number of benzene rings is 2. The van der Waals surface area contributed by atoms with E-state index in [0.29, 0.717) is 17.9 Å². The quantitative estimate of drug-likeness (QED) is 0.863. The van der Waals surface area contributed by atoms with Gasteiger partial charge >= 0.3 is 5.97 Å². The van der Waals surface area contributed by atoms with Crippen LogP contribution in [0.3, 0.4) is 0 Å². The van der Waals surface area contributed by atoms with Crippen LogP contribution in [0.25, 0.3) is 0 Å². The van der Waals surface area contributed by atoms with E-state index >= 15 is 0 Å². The van der Waals surface area contributed by atoms with E-state index in [1.165, 1.54) is 0 Å². The lowest BCUT2D eigenvalue weighted by Gasteiger charge is -2.10. The van der Waals surface area contributed by atoms with Crippen LogP contribution < -0.4 is 9.47 Å². The van der Waals surface area contributed by atoms with E-state index in [-0.39, 0.29) is 6.42 Å². The van der Waals surface area contributed by atoms with Crippen LogP contribution in [0.1, 0.15) is 11.1 Å². The molecule has 0 unspecified atom stereocenters. The summed E-state index contributed by atoms with van der Waals surface area (Å²) in [6.07, 6.45) is -0.0217. The van der Waals surface area contributed by atoms with Gasteiger partial charge in [0.05, 0.1) is 18.0 Å². The molecule has 0 atom stereocenters. The monoisotopic (exact) mass is 350 g/mol. The molecular formula is C16H15BrO4. The van der Waals surface area contributed by atoms with Crippen LogP contribution in [0.5, 0.6) is 11.5 Å². The van der Waals surface area contributed by atoms with Crippen LogP contribution in [-0.2, 0) is 17.8 Å². The van der Waals surface area contributed by atoms with E-state index in [9.17, 15) is 4.79 Å². The largest absolute Gasteiger partial charge is 0.497 e. The number of hydrogen-bond donors (Lipinski definition) is 1. The van der Waals surface area contributed by atoms with Crippen molar-refractivity contribution in [1.29, 1.82) is 0 Å². The normalized spacial score (nSPS) is 10.2. The topological polar surface area (TPSA) is 55.8 Å². The van der Waals surface area contributed by atoms with Gasteiger partial charge in [-0.25, -0.2) is 0 Å². The van der Waals surface area contributed by atoms with Gasteiger partial charge in [-0.05, 0) is 51.3 Å². The Morgan fingerprint density at radius 2 is 1.81 bits per heavy atom. The summed E-state index contributed by atoms with van der Waals surface area (Å²) in [6, 6.07) is 12.9. The molecule has 0 heterocycles. The zero-order chi connectivity index (χ0) is 15.2. The Hall–Kier alpha value is -2.01. The fraction of sp³-hybridized carbons (Fsp3) is 0.188. The second-order valence-electron chi connectivity index (χ2n) is 4.47. The summed E-state index contributed by atoms with van der Waals surface area (Å²) in [4.78, 5) is 10.7. The molecule has 0 fully saturated rings. The molecule has 21 heavy (non-hydrogen) atoms. The van der Waals surface area contributed by atoms with E-state index < -0.39 is 5.97 Å². The van der Waals surface area contributed by atoms with Crippen LogP contribution >= 0.6 is 15.9 Å². The molecule has 2 aromatic carbocycles. The van der Waals surface area contributed by atoms with E-state index in [2.05, 4.69) is 15.9 Å². The van der Waals surface area contributed by atoms with Gasteiger partial charge < -0.3 is 14.6 Å². The second kappa shape index (κ2) is 7.13. The maximum atomic E-state index is 10.7. The van der Waals surface area contributed by atoms with Crippen LogP contribution in [-0.4, -0.2) is 18.2 Å². The zero-order valence-corrected chi connectivity index (χ0v) is 13.1. The van der Waals surface area contributed by atoms with Gasteiger partial charge in [0.25, 0.3) is 0 Å². The average molecular weight is 351 g/mol. The fourth-order valence-electron chi connectivity index (χ4n) is 1.83. The summed E-state index contributed by atoms with van der Waals surface area (Å²) in [7, 11) is 1.62. The molecule has 0 spiro atoms. The number of ether oxygens (including phenoxy) is 2. The van der Waals surface area contributed by atoms with Crippen molar-refractivity contribution in [1.82, 2.24) is 0 Å². The first kappa shape index (κ1) is 15.4. The van der Waals surface area contributed by atoms with Crippen molar-refractivity contribution in [3.8, 4) is 11.5 Å². The molecule has 0 aliphatic rings. The van der Waals surface area contributed by atoms with Gasteiger partial charge in [-0.1, -0.05) is 18.2 Å². The maximum Gasteiger partial charge on any atom is 0.307 e. The average Bonchev–Trinajstić information content (AvgIpc) is 2.48. The second-order valence-corrected chi connectivity index (χ2v) is 5.33. The molecule has 1 N–H and O–H groups in total. The highest BCUT2D eigenvalue weighted by Crippen LogP contribution is 2.27. The Labute approximate surface area is 131 Å². The van der Waals surface area contributed by atoms with Crippen LogP contribution in [0.2, 0.25) is 0 Å². The first-order valence-electron chi connectivity index (χ1n) is 6.34. The minimum absolute atomic E-state index is 0.0217. The SMILES string of the molecule is COc1ccc(COc2cc(CC(=O)O)ccc2Br)cc1. The summed E-state index contributed by atoms with van der Waals surface area (Å²) in [5, 5.41) is 8.82. The minimum Gasteiger partial charge on any atom is -0.497 e. The van der Waals surface area contributed by atoms with Gasteiger partial charge in [0.1, 0.15) is 18.1 Å². The lowest BCUT2D eigenvalue weighted by molar-refractivity contribution is -0.136. The van der Waals surface area contributed by atoms with Gasteiger partial charge in [0.2, 0.25) is 0 Å². The standard InChI is InChI=1S/C16H15BrO4/c1-20-13-5-2-11(3-6-13)10-21-15-8-12(9-16(18)19)4-7-14(15)17/h2-8H,9-10H2,1H3,(H,18,19). The number of carbonyl (C=O) groups is 1. The van der Waals surface area contributed by atoms with Crippen molar-refractivity contribution < 1.29 is 19.4 Å². The van der Waals surface area contributed by atoms with E-state index in [0.717, 1.165) is 15.8 Å². The Morgan fingerprint density at radius 3 is 2.43 bits per heavy atom. The summed E-state index contributed by atoms with van der Waals surface area (Å²) in [5.41, 5.74) is 1.71. The van der Waals surface area contributed by atoms with E-state index in [4.69, 9.17) is 14.6 Å². The maximum absolute atomic E-state index is 10.7. The molecule has 0 saturated carbocycles. The third kappa shape index (κ3) is 4.49. The predicted molar refractivity (Wildman–Crippen MR) is 82.8 cm³/mol. The third-order valence-electron chi connectivity index (χ3n) is 2.90. The van der Waals surface area contributed by atoms with Crippen molar-refractivity contribution in [2.24, 2.45) is 0 Å². The van der Waals surface area contributed by atoms with Gasteiger partial charge in [-0.2, -0.15) is 0 Å². The summed E-state index contributed by atoms with van der Waals surface area (Å²) in [6.45, 7) is 0.402. The van der Waals surface area contributed by atoms with Crippen molar-refractivity contribution in [2.45, 2.75) is 13.0 Å². The summed E-state index contributed by atoms with van der Waals surface area (Å²) in [5.74, 6) is 0.561. The number of aliphatic carboxylic acids is 1. The molecule has 0 amide bonds. The highest BCUT2D eigenvalue weighted by molar-refractivity contribution is 9.10. The Balaban J connectivity index is 2.05. The number of hydrogen-bond acceptors (Lipinski definition) is 3. The lowest BCUT2D eigenvalue weighted by Crippen LogP contribution is -2.01. The molecule has 110 valence electrons. The van der Waals surface area contributed by atoms with Crippen molar-refractivity contribution in [3.63, 3.8) is 0 Å². The molecule has 0 aliphatic heterocycles. The van der Waals surface area contributed by atoms with Crippen LogP contribution in [0.4, 0.5) is 0 Å². The van der Waals surface area contributed by atoms with Gasteiger partial charge in [0, 0.05) is 0 Å². The molecule has 0 aliphatic carbocycles. The van der Waals surface area contributed by atoms with Crippen molar-refractivity contribution in [3.05, 3.63) is 58.1 Å². The minimum atomic E-state index is -0.863. The number of methoxy groups -OCH3 is 1. The van der Waals surface area contributed by atoms with Crippen molar-refractivity contribution >= 4 is 21.9 Å². The number of carboxylic acids is 1. The molecule has 0 aromatic heterocycles. The molecule has 0 radical (unpaired) electrons. The van der Waals surface area contributed by atoms with Gasteiger partial charge in [0.15, 0.2) is 0 Å². The van der Waals surface area contributed by atoms with Crippen molar-refractivity contribution in [2.75, 3.05) is 7.11 Å². The highest BCUT2D eigenvalue weighted by atomic mass is 79.9. The molecule has 2 aromatic rings. The fourth-order valence-corrected chi connectivity index (χ4v) is 2.19. The molecular weight excluding hydrogens is 336 g/mol. The van der Waals surface area contributed by atoms with Crippen LogP contribution in [0, 0.1) is 0 Å². The first-order valence-corrected chi connectivity index (χ1v) is 7.13. The molecule has 2 rings (SSSR count). The third-order valence-corrected chi connectivity index (χ3v) is 3.56. The zero-order valence-electron chi connectivity index (χ0n) is 11.5. The number of carboxylic acid groups (broad SMARTS) is 1. The summed E-state index contributed by atoms with van der Waals surface area (Å²) >= 11 is 3.40. The Kier molecular flexibility index (Phi) is 5.22. The van der Waals surface area contributed by atoms with Crippen LogP contribution in [0.15, 0.2) is 46.9 Å². The molecule has 0 bridgehead atoms. The van der Waals surface area contributed by atoms with Gasteiger partial charge in [-0.15, -0.1) is 0 Å². The Bertz CT molecular complexity index is 623. The smallest absolute Gasteiger partial charge is 0.307 e.